The van der Waals surface area contributed by atoms with Crippen LogP contribution in [-0.4, -0.2) is 57.5 Å². The van der Waals surface area contributed by atoms with Crippen LogP contribution < -0.4 is 9.18 Å². The molecule has 0 aliphatic rings. The molecule has 2 aromatic carbocycles. The molecule has 0 saturated carbocycles. The van der Waals surface area contributed by atoms with E-state index < -0.39 is 11.9 Å². The third-order valence-electron chi connectivity index (χ3n) is 4.73. The Balaban J connectivity index is 1.83. The fourth-order valence-electron chi connectivity index (χ4n) is 3.43. The number of aromatic nitrogens is 2. The molecule has 0 aliphatic carbocycles. The molecule has 4 rings (SSSR count). The molecule has 0 fully saturated rings. The Labute approximate surface area is 171 Å². The van der Waals surface area contributed by atoms with Crippen LogP contribution in [0.15, 0.2) is 48.5 Å². The molecule has 0 unspecified atom stereocenters. The van der Waals surface area contributed by atoms with Gasteiger partial charge in [-0.05, 0) is 0 Å². The van der Waals surface area contributed by atoms with Crippen molar-refractivity contribution >= 4 is 69.2 Å². The minimum atomic E-state index is -0.944. The van der Waals surface area contributed by atoms with E-state index in [2.05, 4.69) is 0 Å². The number of hydrogen-bond donors (Lipinski definition) is 2. The van der Waals surface area contributed by atoms with Crippen LogP contribution in [0.3, 0.4) is 0 Å². The van der Waals surface area contributed by atoms with Gasteiger partial charge in [0.25, 0.3) is 0 Å². The van der Waals surface area contributed by atoms with Crippen LogP contribution in [0.4, 0.5) is 0 Å². The zero-order chi connectivity index (χ0) is 20.0. The van der Waals surface area contributed by atoms with Gasteiger partial charge in [0, 0.05) is 0 Å². The quantitative estimate of drug-likeness (QED) is 0.401. The SMILES string of the molecule is Cn1c([Se][Se]c2c(C(=O)O)c3ccccc3n2C)c(C(=O)O)c2ccccc21. The first-order valence-electron chi connectivity index (χ1n) is 8.37. The van der Waals surface area contributed by atoms with Crippen molar-refractivity contribution in [3.05, 3.63) is 59.7 Å². The summed E-state index contributed by atoms with van der Waals surface area (Å²) in [5.41, 5.74) is 2.41. The third kappa shape index (κ3) is 2.86. The van der Waals surface area contributed by atoms with Gasteiger partial charge in [-0.2, -0.15) is 0 Å². The molecule has 0 radical (unpaired) electrons. The molecular formula is C20H16N2O4Se2. The van der Waals surface area contributed by atoms with Gasteiger partial charge in [-0.15, -0.1) is 0 Å². The number of carboxylic acid groups (broad SMARTS) is 2. The summed E-state index contributed by atoms with van der Waals surface area (Å²) in [4.78, 5) is 23.9. The molecule has 2 N–H and O–H groups in total. The Hall–Kier alpha value is -2.50. The Kier molecular flexibility index (Phi) is 4.81. The first kappa shape index (κ1) is 18.8. The molecule has 0 saturated heterocycles. The Bertz CT molecular complexity index is 1160. The Morgan fingerprint density at radius 1 is 0.714 bits per heavy atom. The molecule has 4 aromatic rings. The summed E-state index contributed by atoms with van der Waals surface area (Å²) in [7, 11) is 3.75. The molecular weight excluding hydrogens is 490 g/mol. The van der Waals surface area contributed by atoms with Gasteiger partial charge in [0.1, 0.15) is 0 Å². The summed E-state index contributed by atoms with van der Waals surface area (Å²) in [5.74, 6) is -1.89. The van der Waals surface area contributed by atoms with Crippen molar-refractivity contribution in [2.24, 2.45) is 14.1 Å². The number of para-hydroxylation sites is 2. The standard InChI is InChI=1S/C20H16N2O4Se2/c1-21-13-9-5-3-7-11(13)15(19(23)24)17(21)27-28-18-16(20(25)26)12-8-4-6-10-14(12)22(18)2/h3-10H,1-2H3,(H,23,24)(H,25,26). The van der Waals surface area contributed by atoms with Gasteiger partial charge < -0.3 is 0 Å². The number of carboxylic acids is 2. The van der Waals surface area contributed by atoms with Gasteiger partial charge in [-0.25, -0.2) is 0 Å². The summed E-state index contributed by atoms with van der Waals surface area (Å²) in [6, 6.07) is 14.9. The molecule has 142 valence electrons. The van der Waals surface area contributed by atoms with Gasteiger partial charge in [-0.3, -0.25) is 0 Å². The molecule has 0 aliphatic heterocycles. The van der Waals surface area contributed by atoms with E-state index in [0.29, 0.717) is 11.1 Å². The van der Waals surface area contributed by atoms with E-state index in [1.165, 1.54) is 0 Å². The van der Waals surface area contributed by atoms with Crippen molar-refractivity contribution in [2.45, 2.75) is 0 Å². The van der Waals surface area contributed by atoms with Crippen molar-refractivity contribution < 1.29 is 19.8 Å². The maximum absolute atomic E-state index is 11.9. The summed E-state index contributed by atoms with van der Waals surface area (Å²) in [6.45, 7) is 0. The number of aromatic carboxylic acids is 2. The fourth-order valence-corrected chi connectivity index (χ4v) is 11.8. The zero-order valence-corrected chi connectivity index (χ0v) is 18.5. The van der Waals surface area contributed by atoms with Crippen LogP contribution in [0.25, 0.3) is 21.8 Å². The average molecular weight is 506 g/mol. The Morgan fingerprint density at radius 2 is 1.07 bits per heavy atom. The molecule has 8 heteroatoms. The van der Waals surface area contributed by atoms with E-state index in [1.54, 1.807) is 0 Å². The average Bonchev–Trinajstić information content (AvgIpc) is 3.12. The second-order valence-corrected chi connectivity index (χ2v) is 12.2. The predicted octanol–water partition coefficient (Wildman–Crippen LogP) is 1.34. The third-order valence-corrected chi connectivity index (χ3v) is 11.9. The van der Waals surface area contributed by atoms with Crippen molar-refractivity contribution in [2.75, 3.05) is 0 Å². The van der Waals surface area contributed by atoms with Crippen molar-refractivity contribution in [3.8, 4) is 0 Å². The molecule has 0 spiro atoms. The molecule has 2 heterocycles. The van der Waals surface area contributed by atoms with Crippen molar-refractivity contribution in [1.82, 2.24) is 9.13 Å². The van der Waals surface area contributed by atoms with Gasteiger partial charge in [0.15, 0.2) is 0 Å². The van der Waals surface area contributed by atoms with Gasteiger partial charge in [-0.1, -0.05) is 0 Å². The second-order valence-electron chi connectivity index (χ2n) is 6.29. The topological polar surface area (TPSA) is 84.5 Å². The van der Waals surface area contributed by atoms with Crippen LogP contribution in [0.5, 0.6) is 0 Å². The van der Waals surface area contributed by atoms with Crippen LogP contribution in [0.2, 0.25) is 0 Å². The number of benzene rings is 2. The maximum atomic E-state index is 11.9. The monoisotopic (exact) mass is 508 g/mol. The molecule has 6 nitrogen and oxygen atoms in total. The fraction of sp³-hybridized carbons (Fsp3) is 0.100. The van der Waals surface area contributed by atoms with E-state index in [9.17, 15) is 19.8 Å². The molecule has 28 heavy (non-hydrogen) atoms. The van der Waals surface area contributed by atoms with E-state index in [0.717, 1.165) is 31.0 Å². The summed E-state index contributed by atoms with van der Waals surface area (Å²) in [6.07, 6.45) is 0. The predicted molar refractivity (Wildman–Crippen MR) is 111 cm³/mol. The first-order chi connectivity index (χ1) is 13.4. The van der Waals surface area contributed by atoms with Crippen LogP contribution in [0.1, 0.15) is 20.7 Å². The number of nitrogens with zero attached hydrogens (tertiary/aromatic N) is 2. The number of fused-ring (bicyclic) bond motifs is 2. The number of aryl methyl sites for hydroxylation is 2. The van der Waals surface area contributed by atoms with E-state index in [-0.39, 0.29) is 26.3 Å². The Morgan fingerprint density at radius 3 is 1.43 bits per heavy atom. The molecule has 2 aromatic heterocycles. The summed E-state index contributed by atoms with van der Waals surface area (Å²) < 4.78 is 5.43. The van der Waals surface area contributed by atoms with Crippen molar-refractivity contribution in [3.63, 3.8) is 0 Å². The van der Waals surface area contributed by atoms with Crippen LogP contribution in [-0.2, 0) is 14.1 Å². The van der Waals surface area contributed by atoms with Gasteiger partial charge in [0.05, 0.1) is 0 Å². The van der Waals surface area contributed by atoms with Gasteiger partial charge >= 0.3 is 172 Å². The van der Waals surface area contributed by atoms with Gasteiger partial charge in [0.2, 0.25) is 0 Å². The van der Waals surface area contributed by atoms with E-state index in [4.69, 9.17) is 0 Å². The molecule has 0 bridgehead atoms. The van der Waals surface area contributed by atoms with Crippen LogP contribution >= 0.6 is 0 Å². The summed E-state index contributed by atoms with van der Waals surface area (Å²) >= 11 is -0.387. The number of rotatable bonds is 5. The second kappa shape index (κ2) is 7.15. The zero-order valence-electron chi connectivity index (χ0n) is 15.0. The number of carbonyl (C=O) groups is 2. The molecule has 0 atom stereocenters. The van der Waals surface area contributed by atoms with Crippen LogP contribution in [0, 0.1) is 0 Å². The molecule has 0 amide bonds. The number of hydrogen-bond acceptors (Lipinski definition) is 2. The van der Waals surface area contributed by atoms with E-state index in [1.807, 2.05) is 71.8 Å². The normalized spacial score (nSPS) is 11.4. The summed E-state index contributed by atoms with van der Waals surface area (Å²) in [5, 5.41) is 21.0. The van der Waals surface area contributed by atoms with Crippen molar-refractivity contribution in [1.29, 1.82) is 0 Å². The minimum absolute atomic E-state index is 0.194. The first-order valence-corrected chi connectivity index (χ1v) is 14.4. The van der Waals surface area contributed by atoms with E-state index >= 15 is 0 Å².